The number of aliphatic carboxylic acids is 1. The van der Waals surface area contributed by atoms with Crippen LogP contribution < -0.4 is 15.8 Å². The van der Waals surface area contributed by atoms with E-state index in [1.54, 1.807) is 18.2 Å². The molecule has 1 amide bonds. The first-order chi connectivity index (χ1) is 10.0. The number of methoxy groups -OCH3 is 1. The zero-order chi connectivity index (χ0) is 15.4. The number of hydrogen-bond donors (Lipinski definition) is 3. The molecule has 1 aliphatic rings. The molecular formula is C15H20N2O4. The first kappa shape index (κ1) is 15.2. The predicted molar refractivity (Wildman–Crippen MR) is 78.3 cm³/mol. The number of ether oxygens (including phenoxy) is 1. The lowest BCUT2D eigenvalue weighted by Crippen LogP contribution is -2.38. The van der Waals surface area contributed by atoms with Gasteiger partial charge in [-0.25, -0.2) is 0 Å². The topological polar surface area (TPSA) is 102 Å². The number of carbonyl (C=O) groups excluding carboxylic acids is 1. The number of amides is 1. The highest BCUT2D eigenvalue weighted by Gasteiger charge is 2.27. The number of hydrogen-bond acceptors (Lipinski definition) is 4. The average molecular weight is 292 g/mol. The summed E-state index contributed by atoms with van der Waals surface area (Å²) in [4.78, 5) is 23.1. The second-order valence-electron chi connectivity index (χ2n) is 5.31. The maximum Gasteiger partial charge on any atom is 0.306 e. The van der Waals surface area contributed by atoms with E-state index in [2.05, 4.69) is 5.32 Å². The van der Waals surface area contributed by atoms with Crippen molar-refractivity contribution in [2.75, 3.05) is 12.8 Å². The zero-order valence-electron chi connectivity index (χ0n) is 12.0. The third-order valence-corrected chi connectivity index (χ3v) is 3.91. The maximum atomic E-state index is 12.2. The monoisotopic (exact) mass is 292 g/mol. The van der Waals surface area contributed by atoms with Crippen LogP contribution in [-0.4, -0.2) is 30.1 Å². The van der Waals surface area contributed by atoms with Crippen molar-refractivity contribution < 1.29 is 19.4 Å². The molecule has 6 nitrogen and oxygen atoms in total. The Balaban J connectivity index is 1.95. The van der Waals surface area contributed by atoms with Gasteiger partial charge >= 0.3 is 5.97 Å². The van der Waals surface area contributed by atoms with Crippen molar-refractivity contribution in [3.63, 3.8) is 0 Å². The molecule has 1 fully saturated rings. The number of nitrogens with one attached hydrogen (secondary N) is 1. The standard InChI is InChI=1S/C15H20N2O4/c1-21-11-6-7-12(13(16)8-11)14(18)17-10-4-2-9(3-5-10)15(19)20/h6-10H,2-5,16H2,1H3,(H,17,18)(H,19,20). The van der Waals surface area contributed by atoms with E-state index in [0.717, 1.165) is 0 Å². The van der Waals surface area contributed by atoms with Crippen LogP contribution in [0.25, 0.3) is 0 Å². The lowest BCUT2D eigenvalue weighted by atomic mass is 9.86. The third-order valence-electron chi connectivity index (χ3n) is 3.91. The molecule has 4 N–H and O–H groups in total. The Hall–Kier alpha value is -2.24. The van der Waals surface area contributed by atoms with Crippen LogP contribution in [-0.2, 0) is 4.79 Å². The Kier molecular flexibility index (Phi) is 4.67. The minimum atomic E-state index is -0.751. The van der Waals surface area contributed by atoms with Gasteiger partial charge in [-0.2, -0.15) is 0 Å². The summed E-state index contributed by atoms with van der Waals surface area (Å²) in [6.07, 6.45) is 2.55. The summed E-state index contributed by atoms with van der Waals surface area (Å²) in [7, 11) is 1.54. The van der Waals surface area contributed by atoms with E-state index in [1.165, 1.54) is 7.11 Å². The number of carbonyl (C=O) groups is 2. The van der Waals surface area contributed by atoms with Gasteiger partial charge in [-0.3, -0.25) is 9.59 Å². The van der Waals surface area contributed by atoms with E-state index in [-0.39, 0.29) is 17.9 Å². The number of benzene rings is 1. The molecule has 6 heteroatoms. The van der Waals surface area contributed by atoms with Crippen LogP contribution >= 0.6 is 0 Å². The minimum Gasteiger partial charge on any atom is -0.497 e. The molecule has 1 saturated carbocycles. The van der Waals surface area contributed by atoms with Gasteiger partial charge in [0, 0.05) is 17.8 Å². The fourth-order valence-electron chi connectivity index (χ4n) is 2.62. The van der Waals surface area contributed by atoms with Gasteiger partial charge in [-0.15, -0.1) is 0 Å². The summed E-state index contributed by atoms with van der Waals surface area (Å²) in [6, 6.07) is 4.93. The first-order valence-electron chi connectivity index (χ1n) is 6.98. The van der Waals surface area contributed by atoms with Crippen LogP contribution in [0.5, 0.6) is 5.75 Å². The summed E-state index contributed by atoms with van der Waals surface area (Å²) in [5.74, 6) is -0.664. The quantitative estimate of drug-likeness (QED) is 0.732. The molecule has 0 bridgehead atoms. The smallest absolute Gasteiger partial charge is 0.306 e. The van der Waals surface area contributed by atoms with Crippen LogP contribution in [0.2, 0.25) is 0 Å². The Morgan fingerprint density at radius 2 is 1.95 bits per heavy atom. The first-order valence-corrected chi connectivity index (χ1v) is 6.98. The SMILES string of the molecule is COc1ccc(C(=O)NC2CCC(C(=O)O)CC2)c(N)c1. The molecule has 0 unspecified atom stereocenters. The van der Waals surface area contributed by atoms with E-state index in [4.69, 9.17) is 15.6 Å². The van der Waals surface area contributed by atoms with Gasteiger partial charge in [-0.1, -0.05) is 0 Å². The Morgan fingerprint density at radius 1 is 1.29 bits per heavy atom. The Labute approximate surface area is 123 Å². The molecule has 0 aliphatic heterocycles. The lowest BCUT2D eigenvalue weighted by Gasteiger charge is -2.27. The molecule has 0 spiro atoms. The highest BCUT2D eigenvalue weighted by Crippen LogP contribution is 2.25. The van der Waals surface area contributed by atoms with Crippen LogP contribution in [0.3, 0.4) is 0 Å². The number of anilines is 1. The van der Waals surface area contributed by atoms with Crippen molar-refractivity contribution in [1.29, 1.82) is 0 Å². The van der Waals surface area contributed by atoms with Gasteiger partial charge in [0.05, 0.1) is 18.6 Å². The second kappa shape index (κ2) is 6.47. The number of carboxylic acids is 1. The summed E-state index contributed by atoms with van der Waals surface area (Å²) < 4.78 is 5.05. The van der Waals surface area contributed by atoms with Gasteiger partial charge < -0.3 is 20.9 Å². The minimum absolute atomic E-state index is 0.00889. The van der Waals surface area contributed by atoms with Gasteiger partial charge in [0.1, 0.15) is 5.75 Å². The molecule has 21 heavy (non-hydrogen) atoms. The fraction of sp³-hybridized carbons (Fsp3) is 0.467. The largest absolute Gasteiger partial charge is 0.497 e. The molecule has 114 valence electrons. The number of carboxylic acid groups (broad SMARTS) is 1. The van der Waals surface area contributed by atoms with Crippen molar-refractivity contribution in [2.45, 2.75) is 31.7 Å². The third kappa shape index (κ3) is 3.65. The van der Waals surface area contributed by atoms with Gasteiger partial charge in [0.15, 0.2) is 0 Å². The molecule has 0 saturated heterocycles. The van der Waals surface area contributed by atoms with Crippen molar-refractivity contribution in [3.8, 4) is 5.75 Å². The number of rotatable bonds is 4. The van der Waals surface area contributed by atoms with E-state index >= 15 is 0 Å². The fourth-order valence-corrected chi connectivity index (χ4v) is 2.62. The summed E-state index contributed by atoms with van der Waals surface area (Å²) in [5, 5.41) is 11.9. The van der Waals surface area contributed by atoms with Gasteiger partial charge in [0.25, 0.3) is 5.91 Å². The molecule has 1 aromatic carbocycles. The normalized spacial score (nSPS) is 21.6. The summed E-state index contributed by atoms with van der Waals surface area (Å²) in [5.41, 5.74) is 6.63. The molecule has 2 rings (SSSR count). The van der Waals surface area contributed by atoms with E-state index in [1.807, 2.05) is 0 Å². The van der Waals surface area contributed by atoms with Crippen LogP contribution in [0, 0.1) is 5.92 Å². The van der Waals surface area contributed by atoms with E-state index < -0.39 is 5.97 Å². The van der Waals surface area contributed by atoms with Gasteiger partial charge in [0.2, 0.25) is 0 Å². The van der Waals surface area contributed by atoms with Crippen molar-refractivity contribution >= 4 is 17.6 Å². The molecule has 0 radical (unpaired) electrons. The highest BCUT2D eigenvalue weighted by atomic mass is 16.5. The average Bonchev–Trinajstić information content (AvgIpc) is 2.47. The molecule has 1 aliphatic carbocycles. The van der Waals surface area contributed by atoms with Crippen molar-refractivity contribution in [1.82, 2.24) is 5.32 Å². The lowest BCUT2D eigenvalue weighted by molar-refractivity contribution is -0.142. The Bertz CT molecular complexity index is 536. The van der Waals surface area contributed by atoms with E-state index in [0.29, 0.717) is 42.7 Å². The van der Waals surface area contributed by atoms with Gasteiger partial charge in [-0.05, 0) is 37.8 Å². The predicted octanol–water partition coefficient (Wildman–Crippen LogP) is 1.65. The maximum absolute atomic E-state index is 12.2. The molecular weight excluding hydrogens is 272 g/mol. The van der Waals surface area contributed by atoms with E-state index in [9.17, 15) is 9.59 Å². The van der Waals surface area contributed by atoms with Crippen LogP contribution in [0.15, 0.2) is 18.2 Å². The summed E-state index contributed by atoms with van der Waals surface area (Å²) >= 11 is 0. The van der Waals surface area contributed by atoms with Crippen LogP contribution in [0.4, 0.5) is 5.69 Å². The number of nitrogen functional groups attached to an aromatic ring is 1. The molecule has 0 atom stereocenters. The molecule has 0 heterocycles. The van der Waals surface area contributed by atoms with Crippen molar-refractivity contribution in [3.05, 3.63) is 23.8 Å². The zero-order valence-corrected chi connectivity index (χ0v) is 12.0. The number of nitrogens with two attached hydrogens (primary N) is 1. The molecule has 1 aromatic rings. The summed E-state index contributed by atoms with van der Waals surface area (Å²) in [6.45, 7) is 0. The van der Waals surface area contributed by atoms with Crippen LogP contribution in [0.1, 0.15) is 36.0 Å². The molecule has 0 aromatic heterocycles. The Morgan fingerprint density at radius 3 is 2.48 bits per heavy atom. The van der Waals surface area contributed by atoms with Crippen molar-refractivity contribution in [2.24, 2.45) is 5.92 Å². The second-order valence-corrected chi connectivity index (χ2v) is 5.31. The highest BCUT2D eigenvalue weighted by molar-refractivity contribution is 5.99.